The van der Waals surface area contributed by atoms with Crippen molar-refractivity contribution in [2.75, 3.05) is 13.1 Å². The Bertz CT molecular complexity index is 538. The van der Waals surface area contributed by atoms with Crippen LogP contribution in [0.15, 0.2) is 12.4 Å². The zero-order valence-electron chi connectivity index (χ0n) is 13.2. The molecule has 22 heavy (non-hydrogen) atoms. The summed E-state index contributed by atoms with van der Waals surface area (Å²) in [5, 5.41) is 8.81. The van der Waals surface area contributed by atoms with Crippen LogP contribution in [0.2, 0.25) is 0 Å². The van der Waals surface area contributed by atoms with Gasteiger partial charge in [-0.05, 0) is 24.7 Å². The van der Waals surface area contributed by atoms with Crippen LogP contribution in [0.3, 0.4) is 0 Å². The summed E-state index contributed by atoms with van der Waals surface area (Å²) in [6, 6.07) is 0. The minimum atomic E-state index is -1.14. The maximum atomic E-state index is 12.5. The molecule has 0 bridgehead atoms. The molecular formula is C16H23N3O3. The van der Waals surface area contributed by atoms with E-state index in [1.807, 2.05) is 4.90 Å². The molecule has 0 saturated carbocycles. The highest BCUT2D eigenvalue weighted by atomic mass is 16.4. The van der Waals surface area contributed by atoms with Gasteiger partial charge in [0.15, 0.2) is 5.69 Å². The first-order valence-corrected chi connectivity index (χ1v) is 7.86. The number of likely N-dealkylation sites (tertiary alicyclic amines) is 1. The van der Waals surface area contributed by atoms with Gasteiger partial charge in [0.1, 0.15) is 5.69 Å². The van der Waals surface area contributed by atoms with Gasteiger partial charge in [0.2, 0.25) is 0 Å². The average molecular weight is 305 g/mol. The van der Waals surface area contributed by atoms with Gasteiger partial charge >= 0.3 is 5.97 Å². The molecule has 1 aliphatic heterocycles. The van der Waals surface area contributed by atoms with Crippen molar-refractivity contribution in [3.8, 4) is 0 Å². The number of nitrogens with zero attached hydrogens (tertiary/aromatic N) is 3. The van der Waals surface area contributed by atoms with Crippen molar-refractivity contribution in [2.24, 2.45) is 5.41 Å². The van der Waals surface area contributed by atoms with Crippen LogP contribution in [0, 0.1) is 5.41 Å². The van der Waals surface area contributed by atoms with E-state index >= 15 is 0 Å². The molecule has 1 amide bonds. The first-order chi connectivity index (χ1) is 10.5. The molecular weight excluding hydrogens is 282 g/mol. The first kappa shape index (κ1) is 16.4. The van der Waals surface area contributed by atoms with E-state index in [1.165, 1.54) is 6.20 Å². The Labute approximate surface area is 130 Å². The second-order valence-corrected chi connectivity index (χ2v) is 5.94. The van der Waals surface area contributed by atoms with Gasteiger partial charge < -0.3 is 10.0 Å². The third-order valence-electron chi connectivity index (χ3n) is 4.92. The van der Waals surface area contributed by atoms with Crippen LogP contribution >= 0.6 is 0 Å². The Morgan fingerprint density at radius 1 is 1.14 bits per heavy atom. The fourth-order valence-corrected chi connectivity index (χ4v) is 3.12. The van der Waals surface area contributed by atoms with Crippen LogP contribution in [0.5, 0.6) is 0 Å². The SMILES string of the molecule is CCC1(CC)CCCN(C(=O)c2cnc(C(=O)O)cn2)CC1. The predicted molar refractivity (Wildman–Crippen MR) is 81.8 cm³/mol. The van der Waals surface area contributed by atoms with E-state index in [1.54, 1.807) is 0 Å². The second kappa shape index (κ2) is 6.85. The summed E-state index contributed by atoms with van der Waals surface area (Å²) in [4.78, 5) is 32.8. The zero-order valence-corrected chi connectivity index (χ0v) is 13.2. The summed E-state index contributed by atoms with van der Waals surface area (Å²) >= 11 is 0. The van der Waals surface area contributed by atoms with Crippen molar-refractivity contribution in [1.82, 2.24) is 14.9 Å². The molecule has 1 saturated heterocycles. The zero-order chi connectivity index (χ0) is 16.2. The maximum absolute atomic E-state index is 12.5. The summed E-state index contributed by atoms with van der Waals surface area (Å²) in [5.74, 6) is -1.30. The van der Waals surface area contributed by atoms with Crippen molar-refractivity contribution in [1.29, 1.82) is 0 Å². The molecule has 2 rings (SSSR count). The number of hydrogen-bond acceptors (Lipinski definition) is 4. The lowest BCUT2D eigenvalue weighted by Crippen LogP contribution is -2.33. The lowest BCUT2D eigenvalue weighted by atomic mass is 9.76. The highest BCUT2D eigenvalue weighted by molar-refractivity contribution is 5.92. The molecule has 6 nitrogen and oxygen atoms in total. The third kappa shape index (κ3) is 3.43. The number of carbonyl (C=O) groups excluding carboxylic acids is 1. The standard InChI is InChI=1S/C16H23N3O3/c1-3-16(4-2)6-5-8-19(9-7-16)14(20)12-10-18-13(11-17-12)15(21)22/h10-11H,3-9H2,1-2H3,(H,21,22). The van der Waals surface area contributed by atoms with E-state index in [-0.39, 0.29) is 17.3 Å². The molecule has 2 heterocycles. The molecule has 6 heteroatoms. The number of rotatable bonds is 4. The van der Waals surface area contributed by atoms with Gasteiger partial charge in [0, 0.05) is 13.1 Å². The lowest BCUT2D eigenvalue weighted by molar-refractivity contribution is 0.0685. The number of aromatic carboxylic acids is 1. The number of hydrogen-bond donors (Lipinski definition) is 1. The minimum absolute atomic E-state index is 0.150. The van der Waals surface area contributed by atoms with Gasteiger partial charge in [-0.2, -0.15) is 0 Å². The summed E-state index contributed by atoms with van der Waals surface area (Å²) in [6.07, 6.45) is 7.81. The van der Waals surface area contributed by atoms with E-state index in [4.69, 9.17) is 5.11 Å². The lowest BCUT2D eigenvalue weighted by Gasteiger charge is -2.30. The van der Waals surface area contributed by atoms with Gasteiger partial charge in [-0.25, -0.2) is 14.8 Å². The van der Waals surface area contributed by atoms with Crippen LogP contribution in [0.25, 0.3) is 0 Å². The Kier molecular flexibility index (Phi) is 5.11. The third-order valence-corrected chi connectivity index (χ3v) is 4.92. The van der Waals surface area contributed by atoms with Crippen molar-refractivity contribution < 1.29 is 14.7 Å². The van der Waals surface area contributed by atoms with Crippen molar-refractivity contribution in [3.63, 3.8) is 0 Å². The van der Waals surface area contributed by atoms with Crippen LogP contribution in [0.1, 0.15) is 66.9 Å². The van der Waals surface area contributed by atoms with Crippen LogP contribution < -0.4 is 0 Å². The largest absolute Gasteiger partial charge is 0.476 e. The molecule has 1 aromatic rings. The maximum Gasteiger partial charge on any atom is 0.356 e. The molecule has 0 aliphatic carbocycles. The fraction of sp³-hybridized carbons (Fsp3) is 0.625. The summed E-state index contributed by atoms with van der Waals surface area (Å²) < 4.78 is 0. The second-order valence-electron chi connectivity index (χ2n) is 5.94. The topological polar surface area (TPSA) is 83.4 Å². The average Bonchev–Trinajstić information content (AvgIpc) is 2.77. The Balaban J connectivity index is 2.08. The highest BCUT2D eigenvalue weighted by Gasteiger charge is 2.31. The Hall–Kier alpha value is -1.98. The molecule has 1 N–H and O–H groups in total. The number of amides is 1. The molecule has 0 atom stereocenters. The van der Waals surface area contributed by atoms with Crippen LogP contribution in [-0.4, -0.2) is 44.9 Å². The highest BCUT2D eigenvalue weighted by Crippen LogP contribution is 2.38. The first-order valence-electron chi connectivity index (χ1n) is 7.86. The van der Waals surface area contributed by atoms with Crippen molar-refractivity contribution in [2.45, 2.75) is 46.0 Å². The van der Waals surface area contributed by atoms with Gasteiger partial charge in [0.05, 0.1) is 12.4 Å². The Morgan fingerprint density at radius 3 is 2.32 bits per heavy atom. The van der Waals surface area contributed by atoms with Gasteiger partial charge in [-0.3, -0.25) is 4.79 Å². The van der Waals surface area contributed by atoms with Crippen molar-refractivity contribution in [3.05, 3.63) is 23.8 Å². The van der Waals surface area contributed by atoms with E-state index < -0.39 is 5.97 Å². The summed E-state index contributed by atoms with van der Waals surface area (Å²) in [5.41, 5.74) is 0.405. The normalized spacial score (nSPS) is 17.8. The van der Waals surface area contributed by atoms with Crippen molar-refractivity contribution >= 4 is 11.9 Å². The van der Waals surface area contributed by atoms with Gasteiger partial charge in [-0.1, -0.05) is 26.7 Å². The molecule has 1 aromatic heterocycles. The van der Waals surface area contributed by atoms with Gasteiger partial charge in [0.25, 0.3) is 5.91 Å². The molecule has 120 valence electrons. The molecule has 1 fully saturated rings. The quantitative estimate of drug-likeness (QED) is 0.924. The number of carboxylic acid groups (broad SMARTS) is 1. The van der Waals surface area contributed by atoms with Crippen LogP contribution in [0.4, 0.5) is 0 Å². The van der Waals surface area contributed by atoms with E-state index in [2.05, 4.69) is 23.8 Å². The Morgan fingerprint density at radius 2 is 1.77 bits per heavy atom. The molecule has 1 aliphatic rings. The van der Waals surface area contributed by atoms with Gasteiger partial charge in [-0.15, -0.1) is 0 Å². The predicted octanol–water partition coefficient (Wildman–Crippen LogP) is 2.61. The van der Waals surface area contributed by atoms with E-state index in [9.17, 15) is 9.59 Å². The minimum Gasteiger partial charge on any atom is -0.476 e. The number of aromatic nitrogens is 2. The van der Waals surface area contributed by atoms with Crippen LogP contribution in [-0.2, 0) is 0 Å². The van der Waals surface area contributed by atoms with E-state index in [0.717, 1.165) is 51.4 Å². The number of carbonyl (C=O) groups is 2. The smallest absolute Gasteiger partial charge is 0.356 e. The molecule has 0 unspecified atom stereocenters. The molecule has 0 aromatic carbocycles. The summed E-state index contributed by atoms with van der Waals surface area (Å²) in [6.45, 7) is 5.89. The monoisotopic (exact) mass is 305 g/mol. The molecule has 0 radical (unpaired) electrons. The van der Waals surface area contributed by atoms with E-state index in [0.29, 0.717) is 5.41 Å². The molecule has 0 spiro atoms. The summed E-state index contributed by atoms with van der Waals surface area (Å²) in [7, 11) is 0. The number of carboxylic acids is 1. The fourth-order valence-electron chi connectivity index (χ4n) is 3.12.